The summed E-state index contributed by atoms with van der Waals surface area (Å²) in [5, 5.41) is 9.19. The van der Waals surface area contributed by atoms with Crippen LogP contribution in [0.5, 0.6) is 0 Å². The van der Waals surface area contributed by atoms with Crippen LogP contribution in [0, 0.1) is 0 Å². The number of nitrogens with zero attached hydrogens (tertiary/aromatic N) is 2. The summed E-state index contributed by atoms with van der Waals surface area (Å²) in [5.41, 5.74) is 0. The van der Waals surface area contributed by atoms with Gasteiger partial charge in [-0.25, -0.2) is 0 Å². The zero-order valence-electron chi connectivity index (χ0n) is 9.56. The number of hydrogen-bond acceptors (Lipinski definition) is 3. The number of fused-ring (bicyclic) bond motifs is 1. The van der Waals surface area contributed by atoms with Crippen molar-refractivity contribution in [2.75, 3.05) is 19.6 Å². The van der Waals surface area contributed by atoms with Gasteiger partial charge in [0.15, 0.2) is 0 Å². The minimum absolute atomic E-state index is 0.0488. The Morgan fingerprint density at radius 3 is 2.94 bits per heavy atom. The number of aliphatic hydroxyl groups is 1. The maximum atomic E-state index is 12.0. The lowest BCUT2D eigenvalue weighted by molar-refractivity contribution is -0.153. The summed E-state index contributed by atoms with van der Waals surface area (Å²) in [6, 6.07) is -0.227. The van der Waals surface area contributed by atoms with Crippen LogP contribution >= 0.6 is 0 Å². The highest BCUT2D eigenvalue weighted by Gasteiger charge is 2.41. The van der Waals surface area contributed by atoms with Crippen LogP contribution in [0.15, 0.2) is 0 Å². The molecule has 5 heteroatoms. The minimum Gasteiger partial charge on any atom is -0.393 e. The molecule has 16 heavy (non-hydrogen) atoms. The lowest BCUT2D eigenvalue weighted by Crippen LogP contribution is -2.57. The fraction of sp³-hybridized carbons (Fsp3) is 0.818. The van der Waals surface area contributed by atoms with Crippen molar-refractivity contribution in [1.82, 2.24) is 9.80 Å². The molecule has 0 aliphatic carbocycles. The molecule has 2 aliphatic rings. The van der Waals surface area contributed by atoms with E-state index in [-0.39, 0.29) is 24.4 Å². The molecular formula is C11H18N2O3. The van der Waals surface area contributed by atoms with Gasteiger partial charge in [-0.15, -0.1) is 0 Å². The van der Waals surface area contributed by atoms with E-state index in [4.69, 9.17) is 0 Å². The van der Waals surface area contributed by atoms with E-state index in [0.29, 0.717) is 13.0 Å². The summed E-state index contributed by atoms with van der Waals surface area (Å²) in [4.78, 5) is 27.0. The molecule has 0 aromatic heterocycles. The zero-order chi connectivity index (χ0) is 11.7. The second-order valence-corrected chi connectivity index (χ2v) is 4.64. The second kappa shape index (κ2) is 4.41. The number of hydrogen-bond donors (Lipinski definition) is 1. The van der Waals surface area contributed by atoms with Crippen molar-refractivity contribution in [2.24, 2.45) is 0 Å². The topological polar surface area (TPSA) is 60.9 Å². The zero-order valence-corrected chi connectivity index (χ0v) is 9.56. The Morgan fingerprint density at radius 1 is 1.50 bits per heavy atom. The van der Waals surface area contributed by atoms with Gasteiger partial charge in [0, 0.05) is 13.1 Å². The maximum Gasteiger partial charge on any atom is 0.245 e. The molecule has 0 bridgehead atoms. The number of carbonyl (C=O) groups is 2. The number of amides is 2. The lowest BCUT2D eigenvalue weighted by atomic mass is 10.1. The number of carbonyl (C=O) groups excluding carboxylic acids is 2. The van der Waals surface area contributed by atoms with Gasteiger partial charge < -0.3 is 14.9 Å². The van der Waals surface area contributed by atoms with Crippen LogP contribution in [0.1, 0.15) is 26.2 Å². The molecule has 0 aromatic rings. The molecule has 2 atom stereocenters. The van der Waals surface area contributed by atoms with E-state index in [1.807, 2.05) is 0 Å². The van der Waals surface area contributed by atoms with Crippen LogP contribution < -0.4 is 0 Å². The lowest BCUT2D eigenvalue weighted by Gasteiger charge is -2.36. The fourth-order valence-corrected chi connectivity index (χ4v) is 2.40. The van der Waals surface area contributed by atoms with Gasteiger partial charge in [0.1, 0.15) is 6.04 Å². The Morgan fingerprint density at radius 2 is 2.25 bits per heavy atom. The number of aliphatic hydroxyl groups excluding tert-OH is 1. The molecule has 0 aromatic carbocycles. The highest BCUT2D eigenvalue weighted by atomic mass is 16.3. The SMILES string of the molecule is CC(O)CCN1CC(=O)N2CCCC2C1=O. The molecule has 2 aliphatic heterocycles. The second-order valence-electron chi connectivity index (χ2n) is 4.64. The van der Waals surface area contributed by atoms with E-state index in [1.54, 1.807) is 16.7 Å². The Hall–Kier alpha value is -1.10. The molecule has 2 amide bonds. The van der Waals surface area contributed by atoms with Crippen LogP contribution in [0.25, 0.3) is 0 Å². The van der Waals surface area contributed by atoms with Crippen LogP contribution in [0.3, 0.4) is 0 Å². The Bertz CT molecular complexity index is 304. The standard InChI is InChI=1S/C11H18N2O3/c1-8(14)4-6-12-7-10(15)13-5-2-3-9(13)11(12)16/h8-9,14H,2-7H2,1H3. The van der Waals surface area contributed by atoms with E-state index in [1.165, 1.54) is 0 Å². The van der Waals surface area contributed by atoms with Gasteiger partial charge >= 0.3 is 0 Å². The average Bonchev–Trinajstić information content (AvgIpc) is 2.70. The van der Waals surface area contributed by atoms with Gasteiger partial charge in [-0.05, 0) is 26.2 Å². The summed E-state index contributed by atoms with van der Waals surface area (Å²) in [6.07, 6.45) is 1.82. The predicted octanol–water partition coefficient (Wildman–Crippen LogP) is -0.409. The van der Waals surface area contributed by atoms with E-state index < -0.39 is 6.10 Å². The Kier molecular flexibility index (Phi) is 3.14. The van der Waals surface area contributed by atoms with Crippen molar-refractivity contribution in [1.29, 1.82) is 0 Å². The fourth-order valence-electron chi connectivity index (χ4n) is 2.40. The summed E-state index contributed by atoms with van der Waals surface area (Å²) < 4.78 is 0. The third-order valence-electron chi connectivity index (χ3n) is 3.31. The largest absolute Gasteiger partial charge is 0.393 e. The van der Waals surface area contributed by atoms with Gasteiger partial charge in [-0.2, -0.15) is 0 Å². The normalized spacial score (nSPS) is 27.2. The molecule has 2 saturated heterocycles. The molecule has 2 fully saturated rings. The first-order valence-corrected chi connectivity index (χ1v) is 5.86. The monoisotopic (exact) mass is 226 g/mol. The molecule has 90 valence electrons. The van der Waals surface area contributed by atoms with Crippen molar-refractivity contribution in [3.63, 3.8) is 0 Å². The van der Waals surface area contributed by atoms with Crippen LogP contribution in [-0.2, 0) is 9.59 Å². The van der Waals surface area contributed by atoms with Gasteiger partial charge in [-0.1, -0.05) is 0 Å². The molecule has 2 heterocycles. The van der Waals surface area contributed by atoms with E-state index in [9.17, 15) is 14.7 Å². The predicted molar refractivity (Wildman–Crippen MR) is 57.6 cm³/mol. The number of piperazine rings is 1. The van der Waals surface area contributed by atoms with Crippen molar-refractivity contribution in [2.45, 2.75) is 38.3 Å². The third kappa shape index (κ3) is 2.04. The molecule has 1 N–H and O–H groups in total. The smallest absolute Gasteiger partial charge is 0.245 e. The summed E-state index contributed by atoms with van der Waals surface area (Å²) in [6.45, 7) is 3.08. The Labute approximate surface area is 95.0 Å². The first kappa shape index (κ1) is 11.4. The molecule has 2 unspecified atom stereocenters. The van der Waals surface area contributed by atoms with Gasteiger partial charge in [0.05, 0.1) is 12.6 Å². The average molecular weight is 226 g/mol. The van der Waals surface area contributed by atoms with E-state index >= 15 is 0 Å². The van der Waals surface area contributed by atoms with Crippen molar-refractivity contribution in [3.05, 3.63) is 0 Å². The van der Waals surface area contributed by atoms with Gasteiger partial charge in [0.2, 0.25) is 11.8 Å². The molecule has 2 rings (SSSR count). The molecule has 0 spiro atoms. The first-order chi connectivity index (χ1) is 7.59. The molecular weight excluding hydrogens is 208 g/mol. The van der Waals surface area contributed by atoms with Gasteiger partial charge in [-0.3, -0.25) is 9.59 Å². The molecule has 0 radical (unpaired) electrons. The molecule has 0 saturated carbocycles. The minimum atomic E-state index is -0.426. The van der Waals surface area contributed by atoms with Crippen molar-refractivity contribution >= 4 is 11.8 Å². The van der Waals surface area contributed by atoms with Crippen LogP contribution in [0.2, 0.25) is 0 Å². The quantitative estimate of drug-likeness (QED) is 0.711. The highest BCUT2D eigenvalue weighted by Crippen LogP contribution is 2.23. The number of rotatable bonds is 3. The summed E-state index contributed by atoms with van der Waals surface area (Å²) >= 11 is 0. The molecule has 5 nitrogen and oxygen atoms in total. The van der Waals surface area contributed by atoms with Crippen LogP contribution in [-0.4, -0.2) is 58.5 Å². The Balaban J connectivity index is 2.00. The summed E-state index contributed by atoms with van der Waals surface area (Å²) in [5.74, 6) is 0.102. The van der Waals surface area contributed by atoms with E-state index in [2.05, 4.69) is 0 Å². The van der Waals surface area contributed by atoms with Gasteiger partial charge in [0.25, 0.3) is 0 Å². The van der Waals surface area contributed by atoms with Crippen LogP contribution in [0.4, 0.5) is 0 Å². The maximum absolute atomic E-state index is 12.0. The van der Waals surface area contributed by atoms with Crippen molar-refractivity contribution in [3.8, 4) is 0 Å². The first-order valence-electron chi connectivity index (χ1n) is 5.86. The summed E-state index contributed by atoms with van der Waals surface area (Å²) in [7, 11) is 0. The van der Waals surface area contributed by atoms with E-state index in [0.717, 1.165) is 19.4 Å². The highest BCUT2D eigenvalue weighted by molar-refractivity contribution is 5.95. The third-order valence-corrected chi connectivity index (χ3v) is 3.31. The van der Waals surface area contributed by atoms with Crippen molar-refractivity contribution < 1.29 is 14.7 Å².